The Morgan fingerprint density at radius 3 is 2.78 bits per heavy atom. The van der Waals surface area contributed by atoms with Crippen LogP contribution in [0.4, 0.5) is 0 Å². The highest BCUT2D eigenvalue weighted by molar-refractivity contribution is 5.74. The maximum atomic E-state index is 12.1. The standard InChI is InChI=1S/C13H23NO4/c1-14-12-8-17-7-11(12)13(15)18-10-5-3-4-9(6-10)16-2/h9-12,14H,3-8H2,1-2H3. The molecule has 18 heavy (non-hydrogen) atoms. The van der Waals surface area contributed by atoms with Crippen molar-refractivity contribution in [1.82, 2.24) is 5.32 Å². The molecule has 2 aliphatic rings. The van der Waals surface area contributed by atoms with E-state index in [4.69, 9.17) is 14.2 Å². The van der Waals surface area contributed by atoms with Crippen LogP contribution in [0.5, 0.6) is 0 Å². The summed E-state index contributed by atoms with van der Waals surface area (Å²) in [6.45, 7) is 1.05. The third kappa shape index (κ3) is 3.22. The monoisotopic (exact) mass is 257 g/mol. The Hall–Kier alpha value is -0.650. The van der Waals surface area contributed by atoms with Gasteiger partial charge in [0, 0.05) is 19.6 Å². The average molecular weight is 257 g/mol. The first-order chi connectivity index (χ1) is 8.74. The molecule has 5 nitrogen and oxygen atoms in total. The first-order valence-corrected chi connectivity index (χ1v) is 6.73. The summed E-state index contributed by atoms with van der Waals surface area (Å²) in [5.41, 5.74) is 0. The summed E-state index contributed by atoms with van der Waals surface area (Å²) in [4.78, 5) is 12.1. The molecule has 0 bridgehead atoms. The van der Waals surface area contributed by atoms with Crippen LogP contribution in [0.25, 0.3) is 0 Å². The van der Waals surface area contributed by atoms with Crippen LogP contribution in [0.15, 0.2) is 0 Å². The second-order valence-electron chi connectivity index (χ2n) is 5.12. The normalized spacial score (nSPS) is 36.6. The summed E-state index contributed by atoms with van der Waals surface area (Å²) in [7, 11) is 3.57. The fraction of sp³-hybridized carbons (Fsp3) is 0.923. The summed E-state index contributed by atoms with van der Waals surface area (Å²) in [5, 5.41) is 3.10. The van der Waals surface area contributed by atoms with Gasteiger partial charge in [-0.3, -0.25) is 4.79 Å². The Balaban J connectivity index is 1.83. The molecular weight excluding hydrogens is 234 g/mol. The molecule has 1 aliphatic heterocycles. The van der Waals surface area contributed by atoms with Crippen LogP contribution in [-0.2, 0) is 19.0 Å². The van der Waals surface area contributed by atoms with Crippen LogP contribution < -0.4 is 5.32 Å². The van der Waals surface area contributed by atoms with Crippen molar-refractivity contribution in [2.75, 3.05) is 27.4 Å². The lowest BCUT2D eigenvalue weighted by molar-refractivity contribution is -0.158. The largest absolute Gasteiger partial charge is 0.462 e. The van der Waals surface area contributed by atoms with Gasteiger partial charge < -0.3 is 19.5 Å². The molecule has 1 saturated heterocycles. The van der Waals surface area contributed by atoms with E-state index in [1.165, 1.54) is 0 Å². The van der Waals surface area contributed by atoms with Gasteiger partial charge in [0.05, 0.1) is 25.2 Å². The molecule has 0 amide bonds. The van der Waals surface area contributed by atoms with Gasteiger partial charge in [-0.15, -0.1) is 0 Å². The highest BCUT2D eigenvalue weighted by Crippen LogP contribution is 2.25. The molecule has 4 unspecified atom stereocenters. The lowest BCUT2D eigenvalue weighted by atomic mass is 9.94. The minimum Gasteiger partial charge on any atom is -0.462 e. The second-order valence-corrected chi connectivity index (χ2v) is 5.12. The van der Waals surface area contributed by atoms with Gasteiger partial charge in [0.2, 0.25) is 0 Å². The van der Waals surface area contributed by atoms with Gasteiger partial charge in [-0.25, -0.2) is 0 Å². The highest BCUT2D eigenvalue weighted by Gasteiger charge is 2.36. The molecule has 0 aromatic heterocycles. The van der Waals surface area contributed by atoms with Crippen molar-refractivity contribution in [3.8, 4) is 0 Å². The fourth-order valence-corrected chi connectivity index (χ4v) is 2.75. The number of methoxy groups -OCH3 is 1. The number of rotatable bonds is 4. The number of carbonyl (C=O) groups is 1. The lowest BCUT2D eigenvalue weighted by Crippen LogP contribution is -2.40. The summed E-state index contributed by atoms with van der Waals surface area (Å²) in [5.74, 6) is -0.300. The molecule has 1 heterocycles. The molecule has 104 valence electrons. The van der Waals surface area contributed by atoms with Gasteiger partial charge in [0.15, 0.2) is 0 Å². The fourth-order valence-electron chi connectivity index (χ4n) is 2.75. The zero-order valence-corrected chi connectivity index (χ0v) is 11.2. The summed E-state index contributed by atoms with van der Waals surface area (Å²) >= 11 is 0. The molecule has 5 heteroatoms. The maximum Gasteiger partial charge on any atom is 0.313 e. The number of ether oxygens (including phenoxy) is 3. The van der Waals surface area contributed by atoms with E-state index < -0.39 is 0 Å². The van der Waals surface area contributed by atoms with Crippen LogP contribution >= 0.6 is 0 Å². The highest BCUT2D eigenvalue weighted by atomic mass is 16.6. The van der Waals surface area contributed by atoms with Gasteiger partial charge in [0.25, 0.3) is 0 Å². The van der Waals surface area contributed by atoms with Crippen molar-refractivity contribution >= 4 is 5.97 Å². The van der Waals surface area contributed by atoms with Crippen molar-refractivity contribution in [2.24, 2.45) is 5.92 Å². The van der Waals surface area contributed by atoms with Crippen LogP contribution in [-0.4, -0.2) is 51.6 Å². The Bertz CT molecular complexity index is 284. The van der Waals surface area contributed by atoms with Crippen LogP contribution in [0.2, 0.25) is 0 Å². The number of hydrogen-bond acceptors (Lipinski definition) is 5. The van der Waals surface area contributed by atoms with Gasteiger partial charge in [-0.1, -0.05) is 0 Å². The van der Waals surface area contributed by atoms with E-state index in [1.807, 2.05) is 7.05 Å². The third-order valence-corrected chi connectivity index (χ3v) is 3.95. The SMILES string of the molecule is CNC1COCC1C(=O)OC1CCCC(OC)C1. The predicted octanol–water partition coefficient (Wildman–Crippen LogP) is 0.722. The topological polar surface area (TPSA) is 56.8 Å². The van der Waals surface area contributed by atoms with Gasteiger partial charge >= 0.3 is 5.97 Å². The van der Waals surface area contributed by atoms with E-state index >= 15 is 0 Å². The first-order valence-electron chi connectivity index (χ1n) is 6.73. The van der Waals surface area contributed by atoms with E-state index in [0.29, 0.717) is 13.2 Å². The summed E-state index contributed by atoms with van der Waals surface area (Å²) in [6, 6.07) is 0.0827. The Labute approximate surface area is 108 Å². The first kappa shape index (κ1) is 13.8. The zero-order valence-electron chi connectivity index (χ0n) is 11.2. The van der Waals surface area contributed by atoms with Crippen molar-refractivity contribution in [1.29, 1.82) is 0 Å². The molecule has 0 aromatic rings. The van der Waals surface area contributed by atoms with Crippen molar-refractivity contribution < 1.29 is 19.0 Å². The molecule has 2 fully saturated rings. The Morgan fingerprint density at radius 2 is 2.06 bits per heavy atom. The number of likely N-dealkylation sites (N-methyl/N-ethyl adjacent to an activating group) is 1. The molecule has 2 rings (SSSR count). The maximum absolute atomic E-state index is 12.1. The van der Waals surface area contributed by atoms with Crippen LogP contribution in [0.1, 0.15) is 25.7 Å². The minimum atomic E-state index is -0.169. The van der Waals surface area contributed by atoms with Crippen molar-refractivity contribution in [3.05, 3.63) is 0 Å². The Kier molecular flexibility index (Phi) is 4.97. The third-order valence-electron chi connectivity index (χ3n) is 3.95. The zero-order chi connectivity index (χ0) is 13.0. The number of carbonyl (C=O) groups excluding carboxylic acids is 1. The smallest absolute Gasteiger partial charge is 0.313 e. The molecule has 1 N–H and O–H groups in total. The summed E-state index contributed by atoms with van der Waals surface area (Å²) < 4.78 is 16.3. The molecule has 4 atom stereocenters. The van der Waals surface area contributed by atoms with E-state index in [-0.39, 0.29) is 30.1 Å². The molecule has 1 saturated carbocycles. The number of nitrogens with one attached hydrogen (secondary N) is 1. The lowest BCUT2D eigenvalue weighted by Gasteiger charge is -2.29. The van der Waals surface area contributed by atoms with E-state index in [2.05, 4.69) is 5.32 Å². The predicted molar refractivity (Wildman–Crippen MR) is 66.3 cm³/mol. The van der Waals surface area contributed by atoms with Gasteiger partial charge in [-0.2, -0.15) is 0 Å². The second kappa shape index (κ2) is 6.50. The molecular formula is C13H23NO4. The van der Waals surface area contributed by atoms with Crippen molar-refractivity contribution in [3.63, 3.8) is 0 Å². The average Bonchev–Trinajstić information content (AvgIpc) is 2.87. The molecule has 1 aliphatic carbocycles. The van der Waals surface area contributed by atoms with Crippen LogP contribution in [0.3, 0.4) is 0 Å². The van der Waals surface area contributed by atoms with E-state index in [0.717, 1.165) is 25.7 Å². The Morgan fingerprint density at radius 1 is 1.28 bits per heavy atom. The molecule has 0 spiro atoms. The quantitative estimate of drug-likeness (QED) is 0.752. The minimum absolute atomic E-state index is 0.00862. The molecule has 0 aromatic carbocycles. The van der Waals surface area contributed by atoms with E-state index in [1.54, 1.807) is 7.11 Å². The van der Waals surface area contributed by atoms with Gasteiger partial charge in [0.1, 0.15) is 6.10 Å². The number of esters is 1. The van der Waals surface area contributed by atoms with Gasteiger partial charge in [-0.05, 0) is 26.3 Å². The van der Waals surface area contributed by atoms with E-state index in [9.17, 15) is 4.79 Å². The van der Waals surface area contributed by atoms with Crippen LogP contribution in [0, 0.1) is 5.92 Å². The molecule has 0 radical (unpaired) electrons. The number of hydrogen-bond donors (Lipinski definition) is 1. The summed E-state index contributed by atoms with van der Waals surface area (Å²) in [6.07, 6.45) is 4.14. The van der Waals surface area contributed by atoms with Crippen molar-refractivity contribution in [2.45, 2.75) is 43.9 Å².